The highest BCUT2D eigenvalue weighted by Gasteiger charge is 2.22. The summed E-state index contributed by atoms with van der Waals surface area (Å²) < 4.78 is 1.74. The number of nitrogens with zero attached hydrogens (tertiary/aromatic N) is 4. The van der Waals surface area contributed by atoms with E-state index in [4.69, 9.17) is 4.98 Å². The smallest absolute Gasteiger partial charge is 0.237 e. The monoisotopic (exact) mass is 405 g/mol. The van der Waals surface area contributed by atoms with Gasteiger partial charge in [0.15, 0.2) is 10.8 Å². The van der Waals surface area contributed by atoms with E-state index >= 15 is 0 Å². The van der Waals surface area contributed by atoms with Crippen molar-refractivity contribution < 1.29 is 4.79 Å². The molecule has 0 saturated heterocycles. The van der Waals surface area contributed by atoms with Crippen molar-refractivity contribution >= 4 is 39.9 Å². The molecule has 0 fully saturated rings. The summed E-state index contributed by atoms with van der Waals surface area (Å²) in [6, 6.07) is 15.8. The normalized spacial score (nSPS) is 12.4. The number of hydrogen-bond donors (Lipinski definition) is 1. The van der Waals surface area contributed by atoms with E-state index in [1.54, 1.807) is 4.52 Å². The minimum atomic E-state index is -0.290. The van der Waals surface area contributed by atoms with Gasteiger partial charge in [0.1, 0.15) is 5.82 Å². The zero-order chi connectivity index (χ0) is 20.4. The Bertz CT molecular complexity index is 1170. The Morgan fingerprint density at radius 2 is 1.86 bits per heavy atom. The molecule has 29 heavy (non-hydrogen) atoms. The molecule has 0 aliphatic carbocycles. The third kappa shape index (κ3) is 3.96. The molecule has 2 aromatic heterocycles. The maximum absolute atomic E-state index is 12.9. The number of anilines is 1. The van der Waals surface area contributed by atoms with E-state index in [1.165, 1.54) is 17.3 Å². The van der Waals surface area contributed by atoms with Gasteiger partial charge in [0.2, 0.25) is 5.91 Å². The molecule has 2 aromatic carbocycles. The number of amides is 1. The summed E-state index contributed by atoms with van der Waals surface area (Å²) >= 11 is 1.42. The summed E-state index contributed by atoms with van der Waals surface area (Å²) in [5, 5.41) is 8.86. The van der Waals surface area contributed by atoms with Gasteiger partial charge >= 0.3 is 0 Å². The molecule has 4 aromatic rings. The molecule has 1 amide bonds. The predicted molar refractivity (Wildman–Crippen MR) is 117 cm³/mol. The average molecular weight is 406 g/mol. The average Bonchev–Trinajstić information content (AvgIpc) is 3.14. The maximum Gasteiger partial charge on any atom is 0.237 e. The number of rotatable bonds is 6. The van der Waals surface area contributed by atoms with Crippen molar-refractivity contribution in [2.24, 2.45) is 0 Å². The van der Waals surface area contributed by atoms with Crippen LogP contribution in [-0.2, 0) is 11.2 Å². The molecule has 0 spiro atoms. The zero-order valence-electron chi connectivity index (χ0n) is 16.7. The Balaban J connectivity index is 1.63. The van der Waals surface area contributed by atoms with Crippen molar-refractivity contribution in [1.82, 2.24) is 19.6 Å². The van der Waals surface area contributed by atoms with Crippen LogP contribution in [0.4, 0.5) is 5.69 Å². The van der Waals surface area contributed by atoms with Crippen molar-refractivity contribution in [3.63, 3.8) is 0 Å². The minimum absolute atomic E-state index is 0.0401. The number of nitrogens with one attached hydrogen (secondary N) is 1. The quantitative estimate of drug-likeness (QED) is 0.373. The summed E-state index contributed by atoms with van der Waals surface area (Å²) in [6.45, 7) is 5.98. The van der Waals surface area contributed by atoms with Crippen molar-refractivity contribution in [1.29, 1.82) is 0 Å². The van der Waals surface area contributed by atoms with Gasteiger partial charge in [0.05, 0.1) is 10.8 Å². The highest BCUT2D eigenvalue weighted by Crippen LogP contribution is 2.28. The number of benzene rings is 2. The van der Waals surface area contributed by atoms with Crippen molar-refractivity contribution in [3.05, 3.63) is 59.9 Å². The summed E-state index contributed by atoms with van der Waals surface area (Å²) in [6.07, 6.45) is 1.65. The third-order valence-corrected chi connectivity index (χ3v) is 6.10. The Morgan fingerprint density at radius 3 is 2.59 bits per heavy atom. The van der Waals surface area contributed by atoms with Gasteiger partial charge in [0.25, 0.3) is 0 Å². The highest BCUT2D eigenvalue weighted by molar-refractivity contribution is 8.00. The van der Waals surface area contributed by atoms with E-state index in [2.05, 4.69) is 22.3 Å². The van der Waals surface area contributed by atoms with Gasteiger partial charge in [-0.05, 0) is 49.6 Å². The molecule has 7 heteroatoms. The fourth-order valence-corrected chi connectivity index (χ4v) is 4.17. The molecule has 0 saturated carbocycles. The van der Waals surface area contributed by atoms with E-state index in [0.29, 0.717) is 17.4 Å². The second kappa shape index (κ2) is 8.21. The predicted octanol–water partition coefficient (Wildman–Crippen LogP) is 4.66. The van der Waals surface area contributed by atoms with Crippen molar-refractivity contribution in [2.45, 2.75) is 44.0 Å². The molecule has 148 valence electrons. The molecule has 0 aliphatic rings. The molecule has 1 N–H and O–H groups in total. The van der Waals surface area contributed by atoms with Gasteiger partial charge in [-0.1, -0.05) is 49.9 Å². The van der Waals surface area contributed by atoms with Crippen LogP contribution >= 0.6 is 11.8 Å². The Labute approximate surface area is 173 Å². The lowest BCUT2D eigenvalue weighted by Gasteiger charge is -2.15. The molecule has 4 rings (SSSR count). The van der Waals surface area contributed by atoms with Crippen LogP contribution in [0.25, 0.3) is 16.6 Å². The molecule has 6 nitrogen and oxygen atoms in total. The van der Waals surface area contributed by atoms with Gasteiger partial charge in [-0.3, -0.25) is 4.79 Å². The highest BCUT2D eigenvalue weighted by atomic mass is 32.2. The Hall–Kier alpha value is -2.93. The van der Waals surface area contributed by atoms with Crippen LogP contribution in [0, 0.1) is 6.92 Å². The number of carbonyl (C=O) groups is 1. The first-order chi connectivity index (χ1) is 14.1. The molecule has 1 atom stereocenters. The van der Waals surface area contributed by atoms with Crippen LogP contribution in [0.1, 0.15) is 31.7 Å². The second-order valence-corrected chi connectivity index (χ2v) is 8.03. The number of thioether (sulfide) groups is 1. The summed E-state index contributed by atoms with van der Waals surface area (Å²) in [5.41, 5.74) is 3.66. The number of fused-ring (bicyclic) bond motifs is 3. The van der Waals surface area contributed by atoms with Crippen LogP contribution in [0.2, 0.25) is 0 Å². The Morgan fingerprint density at radius 1 is 1.10 bits per heavy atom. The third-order valence-electron chi connectivity index (χ3n) is 4.80. The van der Waals surface area contributed by atoms with E-state index in [0.717, 1.165) is 28.7 Å². The lowest BCUT2D eigenvalue weighted by atomic mass is 10.1. The van der Waals surface area contributed by atoms with E-state index in [1.807, 2.05) is 62.4 Å². The lowest BCUT2D eigenvalue weighted by molar-refractivity contribution is -0.115. The molecular weight excluding hydrogens is 382 g/mol. The summed E-state index contributed by atoms with van der Waals surface area (Å²) in [4.78, 5) is 22.2. The van der Waals surface area contributed by atoms with Gasteiger partial charge in [0, 0.05) is 11.1 Å². The van der Waals surface area contributed by atoms with Crippen molar-refractivity contribution in [2.75, 3.05) is 5.32 Å². The number of aryl methyl sites for hydroxylation is 2. The number of carbonyl (C=O) groups excluding carboxylic acids is 1. The van der Waals surface area contributed by atoms with Gasteiger partial charge < -0.3 is 5.32 Å². The number of aromatic nitrogens is 4. The van der Waals surface area contributed by atoms with E-state index in [-0.39, 0.29) is 11.2 Å². The van der Waals surface area contributed by atoms with Crippen LogP contribution in [0.5, 0.6) is 0 Å². The maximum atomic E-state index is 12.9. The van der Waals surface area contributed by atoms with Crippen LogP contribution in [0.15, 0.2) is 53.7 Å². The molecule has 0 aliphatic heterocycles. The van der Waals surface area contributed by atoms with E-state index < -0.39 is 0 Å². The van der Waals surface area contributed by atoms with E-state index in [9.17, 15) is 4.79 Å². The Kier molecular flexibility index (Phi) is 5.49. The fraction of sp³-hybridized carbons (Fsp3) is 0.273. The molecule has 2 heterocycles. The fourth-order valence-electron chi connectivity index (χ4n) is 3.21. The molecule has 0 unspecified atom stereocenters. The van der Waals surface area contributed by atoms with Gasteiger partial charge in [-0.15, -0.1) is 5.10 Å². The topological polar surface area (TPSA) is 72.2 Å². The lowest BCUT2D eigenvalue weighted by Crippen LogP contribution is -2.25. The second-order valence-electron chi connectivity index (χ2n) is 6.86. The molecular formula is C22H23N5OS. The molecule has 0 bridgehead atoms. The van der Waals surface area contributed by atoms with Crippen LogP contribution in [0.3, 0.4) is 0 Å². The standard InChI is InChI=1S/C22H23N5OS/c1-4-15-10-12-16(13-11-15)24-21(28)19(5-2)29-22-25-18-9-7-6-8-17(18)20-23-14(3)26-27(20)22/h6-13,19H,4-5H2,1-3H3,(H,24,28)/t19-/m1/s1. The molecule has 0 radical (unpaired) electrons. The van der Waals surface area contributed by atoms with Crippen LogP contribution < -0.4 is 5.32 Å². The first-order valence-corrected chi connectivity index (χ1v) is 10.7. The largest absolute Gasteiger partial charge is 0.325 e. The number of para-hydroxylation sites is 1. The summed E-state index contributed by atoms with van der Waals surface area (Å²) in [5.74, 6) is 0.639. The van der Waals surface area contributed by atoms with Crippen LogP contribution in [-0.4, -0.2) is 30.7 Å². The first kappa shape index (κ1) is 19.4. The zero-order valence-corrected chi connectivity index (χ0v) is 17.5. The summed E-state index contributed by atoms with van der Waals surface area (Å²) in [7, 11) is 0. The van der Waals surface area contributed by atoms with Gasteiger partial charge in [-0.25, -0.2) is 9.97 Å². The number of hydrogen-bond acceptors (Lipinski definition) is 5. The van der Waals surface area contributed by atoms with Crippen molar-refractivity contribution in [3.8, 4) is 0 Å². The minimum Gasteiger partial charge on any atom is -0.325 e. The SMILES string of the molecule is CCc1ccc(NC(=O)[C@@H](CC)Sc2nc3ccccc3c3nc(C)nn23)cc1. The first-order valence-electron chi connectivity index (χ1n) is 9.77. The van der Waals surface area contributed by atoms with Gasteiger partial charge in [-0.2, -0.15) is 4.52 Å².